The average Bonchev–Trinajstić information content (AvgIpc) is 2.89. The molecule has 0 radical (unpaired) electrons. The molecule has 2 aromatic rings. The predicted octanol–water partition coefficient (Wildman–Crippen LogP) is 3.43. The molecular formula is C13H11Cl2N3O2. The van der Waals surface area contributed by atoms with E-state index < -0.39 is 0 Å². The quantitative estimate of drug-likeness (QED) is 0.880. The van der Waals surface area contributed by atoms with E-state index in [0.717, 1.165) is 17.1 Å². The van der Waals surface area contributed by atoms with Crippen LogP contribution in [0, 0.1) is 6.92 Å². The molecule has 0 unspecified atom stereocenters. The van der Waals surface area contributed by atoms with Crippen LogP contribution in [0.5, 0.6) is 11.5 Å². The Morgan fingerprint density at radius 1 is 1.15 bits per heavy atom. The summed E-state index contributed by atoms with van der Waals surface area (Å²) in [6, 6.07) is 5.72. The van der Waals surface area contributed by atoms with Crippen molar-refractivity contribution in [2.75, 3.05) is 12.1 Å². The summed E-state index contributed by atoms with van der Waals surface area (Å²) in [6.45, 7) is 2.57. The minimum absolute atomic E-state index is 0.262. The number of fused-ring (bicyclic) bond motifs is 1. The van der Waals surface area contributed by atoms with Gasteiger partial charge in [-0.05, 0) is 24.6 Å². The van der Waals surface area contributed by atoms with Gasteiger partial charge in [0.25, 0.3) is 0 Å². The lowest BCUT2D eigenvalue weighted by atomic mass is 10.2. The van der Waals surface area contributed by atoms with Gasteiger partial charge in [0.2, 0.25) is 12.7 Å². The first-order valence-electron chi connectivity index (χ1n) is 5.95. The van der Waals surface area contributed by atoms with Crippen LogP contribution in [0.25, 0.3) is 0 Å². The number of halogens is 2. The maximum atomic E-state index is 5.97. The fourth-order valence-corrected chi connectivity index (χ4v) is 2.16. The fourth-order valence-electron chi connectivity index (χ4n) is 1.77. The normalized spacial score (nSPS) is 12.6. The van der Waals surface area contributed by atoms with E-state index in [4.69, 9.17) is 32.7 Å². The SMILES string of the molecule is Cc1c(Cl)nc(NCc2ccc3c(c2)OCO3)nc1Cl. The van der Waals surface area contributed by atoms with Gasteiger partial charge in [-0.2, -0.15) is 0 Å². The number of hydrogen-bond acceptors (Lipinski definition) is 5. The van der Waals surface area contributed by atoms with Crippen molar-refractivity contribution >= 4 is 29.2 Å². The lowest BCUT2D eigenvalue weighted by Gasteiger charge is -2.08. The zero-order valence-electron chi connectivity index (χ0n) is 10.6. The third-order valence-electron chi connectivity index (χ3n) is 2.91. The average molecular weight is 312 g/mol. The van der Waals surface area contributed by atoms with Crippen molar-refractivity contribution in [1.29, 1.82) is 0 Å². The Balaban J connectivity index is 1.73. The van der Waals surface area contributed by atoms with E-state index in [-0.39, 0.29) is 6.79 Å². The van der Waals surface area contributed by atoms with Crippen LogP contribution < -0.4 is 14.8 Å². The van der Waals surface area contributed by atoms with Gasteiger partial charge in [-0.15, -0.1) is 0 Å². The molecule has 1 aromatic carbocycles. The molecule has 1 N–H and O–H groups in total. The molecule has 20 heavy (non-hydrogen) atoms. The van der Waals surface area contributed by atoms with E-state index in [1.54, 1.807) is 6.92 Å². The summed E-state index contributed by atoms with van der Waals surface area (Å²) in [5, 5.41) is 3.76. The van der Waals surface area contributed by atoms with Crippen molar-refractivity contribution in [3.8, 4) is 11.5 Å². The number of benzene rings is 1. The van der Waals surface area contributed by atoms with Crippen LogP contribution >= 0.6 is 23.2 Å². The maximum Gasteiger partial charge on any atom is 0.231 e. The van der Waals surface area contributed by atoms with Crippen molar-refractivity contribution in [3.05, 3.63) is 39.6 Å². The smallest absolute Gasteiger partial charge is 0.231 e. The second-order valence-electron chi connectivity index (χ2n) is 4.30. The van der Waals surface area contributed by atoms with Crippen LogP contribution in [-0.2, 0) is 6.54 Å². The molecule has 0 spiro atoms. The monoisotopic (exact) mass is 311 g/mol. The summed E-state index contributed by atoms with van der Waals surface area (Å²) in [5.74, 6) is 1.89. The Labute approximate surface area is 125 Å². The lowest BCUT2D eigenvalue weighted by Crippen LogP contribution is -2.04. The summed E-state index contributed by atoms with van der Waals surface area (Å²) in [5.41, 5.74) is 1.69. The summed E-state index contributed by atoms with van der Waals surface area (Å²) in [4.78, 5) is 8.25. The summed E-state index contributed by atoms with van der Waals surface area (Å²) in [6.07, 6.45) is 0. The molecule has 5 nitrogen and oxygen atoms in total. The Hall–Kier alpha value is -1.72. The molecule has 0 saturated carbocycles. The molecule has 2 heterocycles. The molecule has 3 rings (SSSR count). The highest BCUT2D eigenvalue weighted by atomic mass is 35.5. The van der Waals surface area contributed by atoms with Crippen LogP contribution in [-0.4, -0.2) is 16.8 Å². The number of nitrogens with zero attached hydrogens (tertiary/aromatic N) is 2. The Bertz CT molecular complexity index is 641. The lowest BCUT2D eigenvalue weighted by molar-refractivity contribution is 0.174. The van der Waals surface area contributed by atoms with Crippen molar-refractivity contribution in [2.24, 2.45) is 0 Å². The molecule has 0 amide bonds. The van der Waals surface area contributed by atoms with E-state index in [1.165, 1.54) is 0 Å². The second kappa shape index (κ2) is 5.34. The molecule has 0 bridgehead atoms. The minimum atomic E-state index is 0.262. The van der Waals surface area contributed by atoms with Crippen LogP contribution in [0.15, 0.2) is 18.2 Å². The highest BCUT2D eigenvalue weighted by Crippen LogP contribution is 2.32. The number of ether oxygens (including phenoxy) is 2. The number of nitrogens with one attached hydrogen (secondary N) is 1. The van der Waals surface area contributed by atoms with Gasteiger partial charge >= 0.3 is 0 Å². The zero-order valence-corrected chi connectivity index (χ0v) is 12.1. The summed E-state index contributed by atoms with van der Waals surface area (Å²) in [7, 11) is 0. The van der Waals surface area contributed by atoms with Gasteiger partial charge in [-0.25, -0.2) is 9.97 Å². The molecule has 0 aliphatic carbocycles. The summed E-state index contributed by atoms with van der Waals surface area (Å²) < 4.78 is 10.6. The first kappa shape index (κ1) is 13.3. The summed E-state index contributed by atoms with van der Waals surface area (Å²) >= 11 is 11.9. The van der Waals surface area contributed by atoms with Crippen molar-refractivity contribution in [2.45, 2.75) is 13.5 Å². The van der Waals surface area contributed by atoms with Gasteiger partial charge < -0.3 is 14.8 Å². The maximum absolute atomic E-state index is 5.97. The molecule has 1 aromatic heterocycles. The largest absolute Gasteiger partial charge is 0.454 e. The van der Waals surface area contributed by atoms with Crippen molar-refractivity contribution in [3.63, 3.8) is 0 Å². The van der Waals surface area contributed by atoms with Gasteiger partial charge in [-0.3, -0.25) is 0 Å². The topological polar surface area (TPSA) is 56.3 Å². The molecule has 1 aliphatic heterocycles. The van der Waals surface area contributed by atoms with E-state index in [2.05, 4.69) is 15.3 Å². The third-order valence-corrected chi connectivity index (χ3v) is 3.65. The van der Waals surface area contributed by atoms with Gasteiger partial charge in [-0.1, -0.05) is 29.3 Å². The molecule has 0 atom stereocenters. The molecule has 0 fully saturated rings. The van der Waals surface area contributed by atoms with E-state index in [9.17, 15) is 0 Å². The number of hydrogen-bond donors (Lipinski definition) is 1. The van der Waals surface area contributed by atoms with Gasteiger partial charge in [0.05, 0.1) is 0 Å². The molecule has 1 aliphatic rings. The number of rotatable bonds is 3. The van der Waals surface area contributed by atoms with Crippen LogP contribution in [0.1, 0.15) is 11.1 Å². The minimum Gasteiger partial charge on any atom is -0.454 e. The van der Waals surface area contributed by atoms with Crippen LogP contribution in [0.2, 0.25) is 10.3 Å². The van der Waals surface area contributed by atoms with E-state index in [1.807, 2.05) is 18.2 Å². The van der Waals surface area contributed by atoms with Crippen molar-refractivity contribution in [1.82, 2.24) is 9.97 Å². The van der Waals surface area contributed by atoms with E-state index in [0.29, 0.717) is 28.4 Å². The molecule has 7 heteroatoms. The Morgan fingerprint density at radius 3 is 2.60 bits per heavy atom. The first-order valence-corrected chi connectivity index (χ1v) is 6.71. The second-order valence-corrected chi connectivity index (χ2v) is 5.01. The van der Waals surface area contributed by atoms with Gasteiger partial charge in [0, 0.05) is 12.1 Å². The van der Waals surface area contributed by atoms with Crippen LogP contribution in [0.3, 0.4) is 0 Å². The third kappa shape index (κ3) is 2.59. The van der Waals surface area contributed by atoms with Gasteiger partial charge in [0.1, 0.15) is 10.3 Å². The number of anilines is 1. The standard InChI is InChI=1S/C13H11Cl2N3O2/c1-7-11(14)17-13(18-12(7)15)16-5-8-2-3-9-10(4-8)20-6-19-9/h2-4H,5-6H2,1H3,(H,16,17,18). The Kier molecular flexibility index (Phi) is 3.54. The first-order chi connectivity index (χ1) is 9.63. The fraction of sp³-hybridized carbons (Fsp3) is 0.231. The van der Waals surface area contributed by atoms with E-state index >= 15 is 0 Å². The highest BCUT2D eigenvalue weighted by Gasteiger charge is 2.13. The van der Waals surface area contributed by atoms with Gasteiger partial charge in [0.15, 0.2) is 11.5 Å². The predicted molar refractivity (Wildman–Crippen MR) is 76.7 cm³/mol. The molecular weight excluding hydrogens is 301 g/mol. The number of aromatic nitrogens is 2. The van der Waals surface area contributed by atoms with Crippen molar-refractivity contribution < 1.29 is 9.47 Å². The highest BCUT2D eigenvalue weighted by molar-refractivity contribution is 6.34. The Morgan fingerprint density at radius 2 is 1.85 bits per heavy atom. The molecule has 0 saturated heterocycles. The molecule has 104 valence electrons. The zero-order chi connectivity index (χ0) is 14.1. The van der Waals surface area contributed by atoms with Crippen LogP contribution in [0.4, 0.5) is 5.95 Å².